The van der Waals surface area contributed by atoms with Gasteiger partial charge in [0.05, 0.1) is 5.02 Å². The van der Waals surface area contributed by atoms with Crippen molar-refractivity contribution in [3.8, 4) is 11.5 Å². The zero-order chi connectivity index (χ0) is 15.6. The highest BCUT2D eigenvalue weighted by atomic mass is 35.5. The van der Waals surface area contributed by atoms with Crippen LogP contribution < -0.4 is 10.5 Å². The highest BCUT2D eigenvalue weighted by Gasteiger charge is 2.15. The Morgan fingerprint density at radius 3 is 2.24 bits per heavy atom. The molecule has 2 aromatic rings. The van der Waals surface area contributed by atoms with E-state index in [-0.39, 0.29) is 16.8 Å². The summed E-state index contributed by atoms with van der Waals surface area (Å²) in [5.74, 6) is -2.88. The molecular weight excluding hydrogens is 303 g/mol. The lowest BCUT2D eigenvalue weighted by atomic mass is 10.1. The van der Waals surface area contributed by atoms with E-state index in [1.807, 2.05) is 0 Å². The van der Waals surface area contributed by atoms with Crippen molar-refractivity contribution in [2.45, 2.75) is 19.4 Å². The third-order valence-corrected chi connectivity index (χ3v) is 3.02. The Kier molecular flexibility index (Phi) is 4.75. The van der Waals surface area contributed by atoms with Crippen molar-refractivity contribution in [3.05, 3.63) is 58.4 Å². The van der Waals surface area contributed by atoms with Gasteiger partial charge < -0.3 is 10.5 Å². The van der Waals surface area contributed by atoms with Crippen LogP contribution in [0.1, 0.15) is 12.5 Å². The van der Waals surface area contributed by atoms with Gasteiger partial charge in [-0.2, -0.15) is 0 Å². The molecule has 0 radical (unpaired) electrons. The number of rotatable bonds is 4. The Hall–Kier alpha value is -1.72. The summed E-state index contributed by atoms with van der Waals surface area (Å²) in [6, 6.07) is 5.53. The molecule has 0 aromatic heterocycles. The van der Waals surface area contributed by atoms with E-state index >= 15 is 0 Å². The second-order valence-corrected chi connectivity index (χ2v) is 5.16. The van der Waals surface area contributed by atoms with Crippen molar-refractivity contribution in [1.29, 1.82) is 0 Å². The van der Waals surface area contributed by atoms with Crippen LogP contribution in [0.5, 0.6) is 11.5 Å². The minimum Gasteiger partial charge on any atom is -0.451 e. The summed E-state index contributed by atoms with van der Waals surface area (Å²) in [4.78, 5) is 0. The summed E-state index contributed by atoms with van der Waals surface area (Å²) < 4.78 is 46.0. The van der Waals surface area contributed by atoms with Crippen molar-refractivity contribution in [2.75, 3.05) is 0 Å². The molecule has 6 heteroatoms. The van der Waals surface area contributed by atoms with Crippen LogP contribution in [0, 0.1) is 17.5 Å². The van der Waals surface area contributed by atoms with Crippen LogP contribution in [0.25, 0.3) is 0 Å². The molecule has 1 unspecified atom stereocenters. The number of ether oxygens (including phenoxy) is 1. The smallest absolute Gasteiger partial charge is 0.198 e. The lowest BCUT2D eigenvalue weighted by molar-refractivity contribution is 0.405. The third kappa shape index (κ3) is 3.89. The Bertz CT molecular complexity index is 638. The molecule has 2 rings (SSSR count). The molecule has 0 amide bonds. The van der Waals surface area contributed by atoms with Crippen molar-refractivity contribution in [3.63, 3.8) is 0 Å². The monoisotopic (exact) mass is 315 g/mol. The molecular formula is C15H13ClF3NO. The largest absolute Gasteiger partial charge is 0.451 e. The van der Waals surface area contributed by atoms with Crippen molar-refractivity contribution < 1.29 is 17.9 Å². The molecule has 2 nitrogen and oxygen atoms in total. The van der Waals surface area contributed by atoms with Gasteiger partial charge in [-0.1, -0.05) is 11.6 Å². The summed E-state index contributed by atoms with van der Waals surface area (Å²) in [6.45, 7) is 1.74. The van der Waals surface area contributed by atoms with Crippen molar-refractivity contribution in [1.82, 2.24) is 0 Å². The number of benzene rings is 2. The van der Waals surface area contributed by atoms with Crippen LogP contribution in [0.2, 0.25) is 5.02 Å². The zero-order valence-corrected chi connectivity index (χ0v) is 11.9. The molecule has 21 heavy (non-hydrogen) atoms. The molecule has 0 aliphatic heterocycles. The molecule has 0 saturated carbocycles. The standard InChI is InChI=1S/C15H13ClF3NO/c1-8(20)4-9-5-13(18)15(14(19)6-9)21-10-2-3-12(17)11(16)7-10/h2-3,5-8H,4,20H2,1H3. The van der Waals surface area contributed by atoms with E-state index in [1.54, 1.807) is 6.92 Å². The quantitative estimate of drug-likeness (QED) is 0.905. The normalized spacial score (nSPS) is 12.3. The molecule has 0 aliphatic carbocycles. The highest BCUT2D eigenvalue weighted by Crippen LogP contribution is 2.31. The minimum atomic E-state index is -0.855. The Morgan fingerprint density at radius 2 is 1.71 bits per heavy atom. The number of nitrogens with two attached hydrogens (primary N) is 1. The lowest BCUT2D eigenvalue weighted by Crippen LogP contribution is -2.18. The van der Waals surface area contributed by atoms with Gasteiger partial charge in [0, 0.05) is 12.1 Å². The molecule has 1 atom stereocenters. The maximum Gasteiger partial charge on any atom is 0.198 e. The molecule has 2 aromatic carbocycles. The summed E-state index contributed by atoms with van der Waals surface area (Å²) >= 11 is 5.59. The third-order valence-electron chi connectivity index (χ3n) is 2.73. The van der Waals surface area contributed by atoms with E-state index in [0.717, 1.165) is 24.3 Å². The van der Waals surface area contributed by atoms with Crippen LogP contribution in [0.4, 0.5) is 13.2 Å². The predicted molar refractivity (Wildman–Crippen MR) is 75.2 cm³/mol. The van der Waals surface area contributed by atoms with Crippen LogP contribution in [0.15, 0.2) is 30.3 Å². The van der Waals surface area contributed by atoms with Gasteiger partial charge in [-0.25, -0.2) is 13.2 Å². The zero-order valence-electron chi connectivity index (χ0n) is 11.2. The molecule has 0 bridgehead atoms. The Balaban J connectivity index is 2.29. The average molecular weight is 316 g/mol. The van der Waals surface area contributed by atoms with Crippen LogP contribution >= 0.6 is 11.6 Å². The van der Waals surface area contributed by atoms with Gasteiger partial charge >= 0.3 is 0 Å². The second-order valence-electron chi connectivity index (χ2n) is 4.75. The van der Waals surface area contributed by atoms with Crippen LogP contribution in [-0.2, 0) is 6.42 Å². The summed E-state index contributed by atoms with van der Waals surface area (Å²) in [5, 5.41) is -0.193. The number of hydrogen-bond acceptors (Lipinski definition) is 2. The van der Waals surface area contributed by atoms with Crippen LogP contribution in [0.3, 0.4) is 0 Å². The fourth-order valence-corrected chi connectivity index (χ4v) is 2.03. The summed E-state index contributed by atoms with van der Waals surface area (Å²) in [7, 11) is 0. The molecule has 0 spiro atoms. The average Bonchev–Trinajstić information content (AvgIpc) is 2.37. The molecule has 0 saturated heterocycles. The highest BCUT2D eigenvalue weighted by molar-refractivity contribution is 6.30. The van der Waals surface area contributed by atoms with Gasteiger partial charge in [0.2, 0.25) is 0 Å². The maximum absolute atomic E-state index is 13.9. The first-order valence-electron chi connectivity index (χ1n) is 6.23. The predicted octanol–water partition coefficient (Wildman–Crippen LogP) is 4.44. The first-order valence-corrected chi connectivity index (χ1v) is 6.61. The van der Waals surface area contributed by atoms with E-state index < -0.39 is 23.2 Å². The minimum absolute atomic E-state index is 0.0409. The molecule has 0 aliphatic rings. The van der Waals surface area contributed by atoms with E-state index in [9.17, 15) is 13.2 Å². The van der Waals surface area contributed by atoms with E-state index in [0.29, 0.717) is 12.0 Å². The van der Waals surface area contributed by atoms with E-state index in [2.05, 4.69) is 0 Å². The lowest BCUT2D eigenvalue weighted by Gasteiger charge is -2.11. The van der Waals surface area contributed by atoms with Gasteiger partial charge in [-0.05, 0) is 43.2 Å². The molecule has 112 valence electrons. The SMILES string of the molecule is CC(N)Cc1cc(F)c(Oc2ccc(F)c(Cl)c2)c(F)c1. The fraction of sp³-hybridized carbons (Fsp3) is 0.200. The van der Waals surface area contributed by atoms with Gasteiger partial charge in [0.1, 0.15) is 11.6 Å². The fourth-order valence-electron chi connectivity index (χ4n) is 1.86. The van der Waals surface area contributed by atoms with Crippen molar-refractivity contribution >= 4 is 11.6 Å². The van der Waals surface area contributed by atoms with E-state index in [1.165, 1.54) is 6.07 Å². The van der Waals surface area contributed by atoms with Crippen molar-refractivity contribution in [2.24, 2.45) is 5.73 Å². The summed E-state index contributed by atoms with van der Waals surface area (Å²) in [5.41, 5.74) is 6.03. The van der Waals surface area contributed by atoms with E-state index in [4.69, 9.17) is 22.1 Å². The van der Waals surface area contributed by atoms with Gasteiger partial charge in [0.25, 0.3) is 0 Å². The maximum atomic E-state index is 13.9. The molecule has 0 fully saturated rings. The second kappa shape index (κ2) is 6.37. The molecule has 2 N–H and O–H groups in total. The van der Waals surface area contributed by atoms with Gasteiger partial charge in [-0.3, -0.25) is 0 Å². The van der Waals surface area contributed by atoms with Gasteiger partial charge in [-0.15, -0.1) is 0 Å². The first kappa shape index (κ1) is 15.7. The topological polar surface area (TPSA) is 35.2 Å². The number of hydrogen-bond donors (Lipinski definition) is 1. The van der Waals surface area contributed by atoms with Crippen LogP contribution in [-0.4, -0.2) is 6.04 Å². The number of halogens is 4. The Morgan fingerprint density at radius 1 is 1.10 bits per heavy atom. The summed E-state index contributed by atoms with van der Waals surface area (Å²) in [6.07, 6.45) is 0.344. The molecule has 0 heterocycles. The van der Waals surface area contributed by atoms with Gasteiger partial charge in [0.15, 0.2) is 17.4 Å². The Labute approximate surface area is 125 Å². The first-order chi connectivity index (χ1) is 9.86.